The van der Waals surface area contributed by atoms with E-state index in [-0.39, 0.29) is 11.3 Å². The summed E-state index contributed by atoms with van der Waals surface area (Å²) in [6.45, 7) is 0. The number of carboxylic acids is 1. The van der Waals surface area contributed by atoms with Crippen LogP contribution in [0.2, 0.25) is 0 Å². The third-order valence-corrected chi connectivity index (χ3v) is 4.69. The lowest BCUT2D eigenvalue weighted by molar-refractivity contribution is -0.384. The zero-order chi connectivity index (χ0) is 23.4. The molecule has 0 amide bonds. The SMILES string of the molecule is O=C(O)c1ccc(-n2cc(/C=N/Nc3ccc([N+](=O)[O-])cc3)c(-c3cccc(F)c3)n2)cc1. The van der Waals surface area contributed by atoms with E-state index in [0.717, 1.165) is 0 Å². The Kier molecular flexibility index (Phi) is 5.90. The number of nitro benzene ring substituents is 1. The van der Waals surface area contributed by atoms with Gasteiger partial charge in [-0.3, -0.25) is 15.5 Å². The van der Waals surface area contributed by atoms with Gasteiger partial charge in [-0.1, -0.05) is 12.1 Å². The summed E-state index contributed by atoms with van der Waals surface area (Å²) in [6, 6.07) is 17.9. The largest absolute Gasteiger partial charge is 0.478 e. The summed E-state index contributed by atoms with van der Waals surface area (Å²) in [5.74, 6) is -1.45. The maximum Gasteiger partial charge on any atom is 0.335 e. The van der Waals surface area contributed by atoms with Crippen LogP contribution in [0.3, 0.4) is 0 Å². The van der Waals surface area contributed by atoms with Crippen molar-refractivity contribution in [1.29, 1.82) is 0 Å². The van der Waals surface area contributed by atoms with Gasteiger partial charge in [0.2, 0.25) is 0 Å². The lowest BCUT2D eigenvalue weighted by Gasteiger charge is -2.02. The molecule has 0 saturated carbocycles. The molecule has 0 unspecified atom stereocenters. The first-order valence-corrected chi connectivity index (χ1v) is 9.63. The minimum absolute atomic E-state index is 0.0342. The standard InChI is InChI=1S/C23H16FN5O4/c24-18-3-1-2-16(12-18)22-17(13-25-26-19-6-10-21(11-7-19)29(32)33)14-28(27-22)20-8-4-15(5-9-20)23(30)31/h1-14,26H,(H,30,31)/b25-13+. The van der Waals surface area contributed by atoms with Crippen LogP contribution in [0.15, 0.2) is 84.1 Å². The van der Waals surface area contributed by atoms with Gasteiger partial charge in [0, 0.05) is 29.5 Å². The Morgan fingerprint density at radius 1 is 1.12 bits per heavy atom. The summed E-state index contributed by atoms with van der Waals surface area (Å²) < 4.78 is 15.4. The summed E-state index contributed by atoms with van der Waals surface area (Å²) >= 11 is 0. The lowest BCUT2D eigenvalue weighted by Crippen LogP contribution is -1.99. The quantitative estimate of drug-likeness (QED) is 0.241. The van der Waals surface area contributed by atoms with Crippen molar-refractivity contribution in [3.05, 3.63) is 106 Å². The van der Waals surface area contributed by atoms with Crippen LogP contribution < -0.4 is 5.43 Å². The predicted molar refractivity (Wildman–Crippen MR) is 120 cm³/mol. The van der Waals surface area contributed by atoms with Gasteiger partial charge >= 0.3 is 5.97 Å². The monoisotopic (exact) mass is 445 g/mol. The zero-order valence-corrected chi connectivity index (χ0v) is 16.9. The molecule has 0 saturated heterocycles. The normalized spacial score (nSPS) is 10.9. The number of aromatic nitrogens is 2. The van der Waals surface area contributed by atoms with Crippen LogP contribution in [-0.2, 0) is 0 Å². The molecule has 0 aliphatic rings. The highest BCUT2D eigenvalue weighted by atomic mass is 19.1. The number of nitrogens with one attached hydrogen (secondary N) is 1. The molecule has 0 bridgehead atoms. The summed E-state index contributed by atoms with van der Waals surface area (Å²) in [5, 5.41) is 28.6. The number of halogens is 1. The summed E-state index contributed by atoms with van der Waals surface area (Å²) in [7, 11) is 0. The number of non-ortho nitro benzene ring substituents is 1. The maximum absolute atomic E-state index is 13.8. The summed E-state index contributed by atoms with van der Waals surface area (Å²) in [4.78, 5) is 21.4. The van der Waals surface area contributed by atoms with E-state index in [9.17, 15) is 19.3 Å². The van der Waals surface area contributed by atoms with Crippen molar-refractivity contribution >= 4 is 23.6 Å². The van der Waals surface area contributed by atoms with Crippen molar-refractivity contribution in [3.8, 4) is 16.9 Å². The Morgan fingerprint density at radius 3 is 2.48 bits per heavy atom. The van der Waals surface area contributed by atoms with Crippen LogP contribution in [0.1, 0.15) is 15.9 Å². The molecule has 33 heavy (non-hydrogen) atoms. The van der Waals surface area contributed by atoms with Gasteiger partial charge in [0.1, 0.15) is 11.5 Å². The maximum atomic E-state index is 13.8. The summed E-state index contributed by atoms with van der Waals surface area (Å²) in [5.41, 5.74) is 5.62. The van der Waals surface area contributed by atoms with E-state index in [1.54, 1.807) is 35.1 Å². The first-order chi connectivity index (χ1) is 15.9. The Morgan fingerprint density at radius 2 is 1.85 bits per heavy atom. The Hall–Kier alpha value is -4.86. The predicted octanol–water partition coefficient (Wildman–Crippen LogP) is 4.73. The molecule has 10 heteroatoms. The van der Waals surface area contributed by atoms with Gasteiger partial charge in [-0.15, -0.1) is 0 Å². The average molecular weight is 445 g/mol. The van der Waals surface area contributed by atoms with E-state index in [1.165, 1.54) is 54.7 Å². The molecule has 2 N–H and O–H groups in total. The van der Waals surface area contributed by atoms with Crippen LogP contribution in [0.25, 0.3) is 16.9 Å². The average Bonchev–Trinajstić information content (AvgIpc) is 3.24. The van der Waals surface area contributed by atoms with Gasteiger partial charge in [-0.05, 0) is 48.5 Å². The van der Waals surface area contributed by atoms with Gasteiger partial charge in [0.15, 0.2) is 0 Å². The van der Waals surface area contributed by atoms with E-state index in [0.29, 0.717) is 28.2 Å². The van der Waals surface area contributed by atoms with Gasteiger partial charge in [-0.25, -0.2) is 13.9 Å². The molecular weight excluding hydrogens is 429 g/mol. The molecule has 1 heterocycles. The van der Waals surface area contributed by atoms with Crippen molar-refractivity contribution in [1.82, 2.24) is 9.78 Å². The third kappa shape index (κ3) is 4.90. The number of nitro groups is 1. The van der Waals surface area contributed by atoms with Crippen LogP contribution in [0, 0.1) is 15.9 Å². The lowest BCUT2D eigenvalue weighted by atomic mass is 10.1. The van der Waals surface area contributed by atoms with E-state index in [4.69, 9.17) is 5.11 Å². The highest BCUT2D eigenvalue weighted by Gasteiger charge is 2.13. The van der Waals surface area contributed by atoms with Crippen LogP contribution in [0.5, 0.6) is 0 Å². The van der Waals surface area contributed by atoms with Gasteiger partial charge in [-0.2, -0.15) is 10.2 Å². The molecule has 0 aliphatic heterocycles. The molecule has 1 aromatic heterocycles. The molecule has 9 nitrogen and oxygen atoms in total. The Balaban J connectivity index is 1.65. The van der Waals surface area contributed by atoms with Crippen LogP contribution >= 0.6 is 0 Å². The van der Waals surface area contributed by atoms with E-state index < -0.39 is 16.7 Å². The molecular formula is C23H16FN5O4. The van der Waals surface area contributed by atoms with Gasteiger partial charge in [0.25, 0.3) is 5.69 Å². The van der Waals surface area contributed by atoms with Crippen molar-refractivity contribution in [3.63, 3.8) is 0 Å². The number of anilines is 1. The second-order valence-electron chi connectivity index (χ2n) is 6.91. The second kappa shape index (κ2) is 9.10. The highest BCUT2D eigenvalue weighted by molar-refractivity contribution is 5.89. The third-order valence-electron chi connectivity index (χ3n) is 4.69. The number of carboxylic acid groups (broad SMARTS) is 1. The molecule has 0 atom stereocenters. The van der Waals surface area contributed by atoms with E-state index in [1.807, 2.05) is 0 Å². The fourth-order valence-corrected chi connectivity index (χ4v) is 3.06. The first-order valence-electron chi connectivity index (χ1n) is 9.63. The van der Waals surface area contributed by atoms with Crippen molar-refractivity contribution in [2.75, 3.05) is 5.43 Å². The molecule has 0 fully saturated rings. The van der Waals surface area contributed by atoms with Crippen molar-refractivity contribution < 1.29 is 19.2 Å². The van der Waals surface area contributed by atoms with E-state index in [2.05, 4.69) is 15.6 Å². The van der Waals surface area contributed by atoms with Crippen LogP contribution in [0.4, 0.5) is 15.8 Å². The number of carbonyl (C=O) groups is 1. The molecule has 4 aromatic rings. The number of hydrogen-bond donors (Lipinski definition) is 2. The highest BCUT2D eigenvalue weighted by Crippen LogP contribution is 2.24. The van der Waals surface area contributed by atoms with Crippen molar-refractivity contribution in [2.45, 2.75) is 0 Å². The zero-order valence-electron chi connectivity index (χ0n) is 16.9. The van der Waals surface area contributed by atoms with Crippen molar-refractivity contribution in [2.24, 2.45) is 5.10 Å². The first kappa shape index (κ1) is 21.4. The molecule has 0 aliphatic carbocycles. The fourth-order valence-electron chi connectivity index (χ4n) is 3.06. The van der Waals surface area contributed by atoms with E-state index >= 15 is 0 Å². The van der Waals surface area contributed by atoms with Gasteiger partial charge in [0.05, 0.1) is 28.1 Å². The Labute approximate surface area is 186 Å². The molecule has 3 aromatic carbocycles. The molecule has 164 valence electrons. The molecule has 0 spiro atoms. The smallest absolute Gasteiger partial charge is 0.335 e. The Bertz CT molecular complexity index is 1350. The van der Waals surface area contributed by atoms with Crippen LogP contribution in [-0.4, -0.2) is 32.0 Å². The number of nitrogens with zero attached hydrogens (tertiary/aromatic N) is 4. The fraction of sp³-hybridized carbons (Fsp3) is 0. The number of rotatable bonds is 7. The minimum atomic E-state index is -1.03. The number of hydrazone groups is 1. The topological polar surface area (TPSA) is 123 Å². The van der Waals surface area contributed by atoms with Gasteiger partial charge < -0.3 is 5.11 Å². The minimum Gasteiger partial charge on any atom is -0.478 e. The molecule has 4 rings (SSSR count). The second-order valence-corrected chi connectivity index (χ2v) is 6.91. The number of aromatic carboxylic acids is 1. The summed E-state index contributed by atoms with van der Waals surface area (Å²) in [6.07, 6.45) is 3.17. The molecule has 0 radical (unpaired) electrons. The number of benzene rings is 3. The number of hydrogen-bond acceptors (Lipinski definition) is 6.